The Morgan fingerprint density at radius 3 is 2.73 bits per heavy atom. The summed E-state index contributed by atoms with van der Waals surface area (Å²) in [5, 5.41) is 0. The topological polar surface area (TPSA) is 84.4 Å². The van der Waals surface area contributed by atoms with Gasteiger partial charge >= 0.3 is 6.18 Å². The number of hydrogen-bond donors (Lipinski definition) is 1. The number of likely N-dealkylation sites (N-methyl/N-ethyl adjacent to an activating group) is 1. The molecule has 0 amide bonds. The van der Waals surface area contributed by atoms with Crippen LogP contribution in [0.4, 0.5) is 18.9 Å². The Hall–Kier alpha value is -2.44. The molecule has 0 unspecified atom stereocenters. The molecular weight excluding hydrogens is 441 g/mol. The quantitative estimate of drug-likeness (QED) is 0.629. The number of rotatable bonds is 5. The summed E-state index contributed by atoms with van der Waals surface area (Å²) in [5.41, 5.74) is -0.368. The van der Waals surface area contributed by atoms with Gasteiger partial charge in [0, 0.05) is 19.2 Å². The van der Waals surface area contributed by atoms with Crippen LogP contribution in [-0.2, 0) is 16.2 Å². The summed E-state index contributed by atoms with van der Waals surface area (Å²) in [6.45, 7) is 1.20. The second kappa shape index (κ2) is 7.67. The third-order valence-corrected chi connectivity index (χ3v) is 6.67. The first kappa shape index (κ1) is 20.8. The monoisotopic (exact) mass is 458 g/mol. The van der Waals surface area contributed by atoms with Gasteiger partial charge in [0.05, 0.1) is 23.0 Å². The van der Waals surface area contributed by atoms with E-state index in [1.54, 1.807) is 6.07 Å². The predicted molar refractivity (Wildman–Crippen MR) is 106 cm³/mol. The van der Waals surface area contributed by atoms with Crippen LogP contribution in [-0.4, -0.2) is 48.3 Å². The van der Waals surface area contributed by atoms with Crippen molar-refractivity contribution in [2.75, 3.05) is 24.9 Å². The number of sulfonamides is 1. The lowest BCUT2D eigenvalue weighted by Gasteiger charge is -2.19. The van der Waals surface area contributed by atoms with Crippen molar-refractivity contribution in [1.29, 1.82) is 0 Å². The van der Waals surface area contributed by atoms with Crippen LogP contribution < -0.4 is 9.46 Å². The molecule has 1 aromatic heterocycles. The molecule has 1 N–H and O–H groups in total. The summed E-state index contributed by atoms with van der Waals surface area (Å²) < 4.78 is 81.9. The molecule has 1 aliphatic heterocycles. The summed E-state index contributed by atoms with van der Waals surface area (Å²) in [6.07, 6.45) is -4.45. The highest BCUT2D eigenvalue weighted by molar-refractivity contribution is 7.93. The molecule has 30 heavy (non-hydrogen) atoms. The highest BCUT2D eigenvalue weighted by Crippen LogP contribution is 2.39. The Bertz CT molecular complexity index is 1180. The number of aromatic nitrogens is 2. The maximum atomic E-state index is 13.4. The number of hydrogen-bond acceptors (Lipinski definition) is 7. The Labute approximate surface area is 174 Å². The summed E-state index contributed by atoms with van der Waals surface area (Å²) >= 11 is 0.873. The van der Waals surface area contributed by atoms with E-state index in [0.717, 1.165) is 29.9 Å². The number of likely N-dealkylation sites (tertiary alicyclic amines) is 1. The van der Waals surface area contributed by atoms with Crippen LogP contribution in [0.5, 0.6) is 5.75 Å². The van der Waals surface area contributed by atoms with Gasteiger partial charge in [-0.3, -0.25) is 4.72 Å². The maximum Gasteiger partial charge on any atom is 0.419 e. The lowest BCUT2D eigenvalue weighted by molar-refractivity contribution is -0.139. The van der Waals surface area contributed by atoms with Crippen molar-refractivity contribution in [1.82, 2.24) is 13.6 Å². The summed E-state index contributed by atoms with van der Waals surface area (Å²) in [7, 11) is -2.25. The fourth-order valence-electron chi connectivity index (χ4n) is 3.30. The van der Waals surface area contributed by atoms with E-state index in [1.807, 2.05) is 11.9 Å². The second-order valence-electron chi connectivity index (χ2n) is 6.99. The van der Waals surface area contributed by atoms with E-state index < -0.39 is 33.6 Å². The summed E-state index contributed by atoms with van der Waals surface area (Å²) in [5.74, 6) is -0.406. The molecule has 1 aliphatic rings. The number of alkyl halides is 3. The molecule has 12 heteroatoms. The van der Waals surface area contributed by atoms with E-state index in [2.05, 4.69) is 13.5 Å². The van der Waals surface area contributed by atoms with Gasteiger partial charge in [-0.1, -0.05) is 6.07 Å². The van der Waals surface area contributed by atoms with E-state index >= 15 is 0 Å². The Kier molecular flexibility index (Phi) is 5.32. The van der Waals surface area contributed by atoms with Gasteiger partial charge < -0.3 is 9.64 Å². The second-order valence-corrected chi connectivity index (χ2v) is 9.17. The van der Waals surface area contributed by atoms with Gasteiger partial charge in [0.15, 0.2) is 0 Å². The molecule has 0 spiro atoms. The van der Waals surface area contributed by atoms with Crippen LogP contribution in [0.25, 0.3) is 11.0 Å². The fourth-order valence-corrected chi connectivity index (χ4v) is 5.11. The van der Waals surface area contributed by atoms with E-state index in [4.69, 9.17) is 4.74 Å². The van der Waals surface area contributed by atoms with E-state index in [0.29, 0.717) is 25.0 Å². The van der Waals surface area contributed by atoms with Crippen molar-refractivity contribution >= 4 is 38.5 Å². The van der Waals surface area contributed by atoms with Crippen molar-refractivity contribution < 1.29 is 26.3 Å². The average molecular weight is 458 g/mol. The van der Waals surface area contributed by atoms with Crippen molar-refractivity contribution in [3.8, 4) is 5.75 Å². The Balaban J connectivity index is 1.67. The van der Waals surface area contributed by atoms with Crippen LogP contribution in [0.3, 0.4) is 0 Å². The predicted octanol–water partition coefficient (Wildman–Crippen LogP) is 3.59. The molecule has 0 aliphatic carbocycles. The largest absolute Gasteiger partial charge is 0.488 e. The lowest BCUT2D eigenvalue weighted by Crippen LogP contribution is -2.23. The number of ether oxygens (including phenoxy) is 1. The first-order valence-electron chi connectivity index (χ1n) is 8.94. The standard InChI is InChI=1S/C18H17F3N4O3S2/c1-25-8-7-12(10-25)28-15-9-11(5-6-13(15)18(19,20)21)24-30(26,27)16-4-2-3-14-17(16)23-29-22-14/h2-6,9,12,24H,7-8,10H2,1H3/t12-/m0/s1. The first-order valence-corrected chi connectivity index (χ1v) is 11.2. The molecule has 4 rings (SSSR count). The summed E-state index contributed by atoms with van der Waals surface area (Å²) in [6, 6.07) is 7.46. The fraction of sp³-hybridized carbons (Fsp3) is 0.333. The van der Waals surface area contributed by atoms with Gasteiger partial charge in [-0.05, 0) is 37.7 Å². The van der Waals surface area contributed by atoms with Gasteiger partial charge in [0.1, 0.15) is 27.8 Å². The number of halogens is 3. The zero-order valence-corrected chi connectivity index (χ0v) is 17.3. The number of nitrogens with zero attached hydrogens (tertiary/aromatic N) is 3. The number of benzene rings is 2. The van der Waals surface area contributed by atoms with Crippen molar-refractivity contribution in [2.45, 2.75) is 23.6 Å². The smallest absolute Gasteiger partial charge is 0.419 e. The highest BCUT2D eigenvalue weighted by atomic mass is 32.2. The molecule has 0 bridgehead atoms. The van der Waals surface area contributed by atoms with E-state index in [9.17, 15) is 21.6 Å². The van der Waals surface area contributed by atoms with E-state index in [1.165, 1.54) is 12.1 Å². The molecule has 160 valence electrons. The Morgan fingerprint density at radius 1 is 1.23 bits per heavy atom. The minimum Gasteiger partial charge on any atom is -0.488 e. The lowest BCUT2D eigenvalue weighted by atomic mass is 10.1. The average Bonchev–Trinajstić information content (AvgIpc) is 3.29. The molecule has 2 aromatic carbocycles. The van der Waals surface area contributed by atoms with Crippen LogP contribution in [0.15, 0.2) is 41.3 Å². The molecule has 7 nitrogen and oxygen atoms in total. The minimum absolute atomic E-state index is 0.0375. The van der Waals surface area contributed by atoms with Crippen LogP contribution in [0.1, 0.15) is 12.0 Å². The minimum atomic E-state index is -4.63. The zero-order chi connectivity index (χ0) is 21.5. The van der Waals surface area contributed by atoms with Crippen LogP contribution in [0.2, 0.25) is 0 Å². The highest BCUT2D eigenvalue weighted by Gasteiger charge is 2.36. The van der Waals surface area contributed by atoms with Crippen LogP contribution in [0, 0.1) is 0 Å². The molecule has 1 atom stereocenters. The molecule has 3 aromatic rings. The molecule has 0 saturated carbocycles. The van der Waals surface area contributed by atoms with Crippen molar-refractivity contribution in [2.24, 2.45) is 0 Å². The first-order chi connectivity index (χ1) is 14.1. The van der Waals surface area contributed by atoms with Gasteiger partial charge in [-0.2, -0.15) is 21.9 Å². The third kappa shape index (κ3) is 4.20. The molecule has 0 radical (unpaired) electrons. The van der Waals surface area contributed by atoms with Crippen LogP contribution >= 0.6 is 11.7 Å². The zero-order valence-electron chi connectivity index (χ0n) is 15.7. The number of fused-ring (bicyclic) bond motifs is 1. The normalized spacial score (nSPS) is 18.1. The summed E-state index contributed by atoms with van der Waals surface area (Å²) in [4.78, 5) is 1.85. The van der Waals surface area contributed by atoms with Crippen molar-refractivity contribution in [3.05, 3.63) is 42.0 Å². The van der Waals surface area contributed by atoms with Gasteiger partial charge in [0.25, 0.3) is 10.0 Å². The van der Waals surface area contributed by atoms with Gasteiger partial charge in [0.2, 0.25) is 0 Å². The molecular formula is C18H17F3N4O3S2. The molecule has 2 heterocycles. The Morgan fingerprint density at radius 2 is 2.03 bits per heavy atom. The number of nitrogens with one attached hydrogen (secondary N) is 1. The van der Waals surface area contributed by atoms with E-state index in [-0.39, 0.29) is 16.1 Å². The molecule has 1 fully saturated rings. The maximum absolute atomic E-state index is 13.4. The number of anilines is 1. The van der Waals surface area contributed by atoms with Gasteiger partial charge in [-0.25, -0.2) is 8.42 Å². The van der Waals surface area contributed by atoms with Crippen molar-refractivity contribution in [3.63, 3.8) is 0 Å². The SMILES string of the molecule is CN1CC[C@H](Oc2cc(NS(=O)(=O)c3cccc4nsnc34)ccc2C(F)(F)F)C1. The molecule has 1 saturated heterocycles. The third-order valence-electron chi connectivity index (χ3n) is 4.72. The van der Waals surface area contributed by atoms with Gasteiger partial charge in [-0.15, -0.1) is 0 Å².